The number of nitrogens with two attached hydrogens (primary N) is 2. The maximum Gasteiger partial charge on any atom is 0.326 e. The first kappa shape index (κ1) is 11.3. The van der Waals surface area contributed by atoms with Crippen LogP contribution >= 0.6 is 24.8 Å². The largest absolute Gasteiger partial charge is 0.376 e. The number of rotatable bonds is 4. The Morgan fingerprint density at radius 2 is 2.17 bits per heavy atom. The number of carbonyl (C=O) groups excluding carboxylic acids is 1. The second-order valence-electron chi connectivity index (χ2n) is 1.88. The molecule has 0 aliphatic carbocycles. The minimum Gasteiger partial charge on any atom is -0.376 e. The highest BCUT2D eigenvalue weighted by molar-refractivity contribution is 7.80. The highest BCUT2D eigenvalue weighted by Gasteiger charge is 2.05. The van der Waals surface area contributed by atoms with Gasteiger partial charge in [-0.05, 0) is 12.2 Å². The number of hydrazine groups is 1. The summed E-state index contributed by atoms with van der Waals surface area (Å²) in [7, 11) is 0. The standard InChI is InChI=1S/C4H11N5OS2/c5-3(10)9-8-2(1-11)7-4(6)12/h2,8,11H,1H2,(H3,5,9,10)(H3,6,7,12). The smallest absolute Gasteiger partial charge is 0.326 e. The predicted molar refractivity (Wildman–Crippen MR) is 53.4 cm³/mol. The molecule has 2 amide bonds. The first-order valence-corrected chi connectivity index (χ1v) is 4.08. The Hall–Kier alpha value is -0.730. The van der Waals surface area contributed by atoms with Gasteiger partial charge in [0.15, 0.2) is 5.11 Å². The Balaban J connectivity index is 3.67. The predicted octanol–water partition coefficient (Wildman–Crippen LogP) is -1.75. The molecule has 7 N–H and O–H groups in total. The Bertz CT molecular complexity index is 175. The molecule has 0 saturated heterocycles. The molecule has 6 nitrogen and oxygen atoms in total. The van der Waals surface area contributed by atoms with Gasteiger partial charge in [-0.3, -0.25) is 5.43 Å². The summed E-state index contributed by atoms with van der Waals surface area (Å²) in [5.41, 5.74) is 14.7. The van der Waals surface area contributed by atoms with Crippen LogP contribution in [0.4, 0.5) is 4.79 Å². The molecule has 0 rings (SSSR count). The van der Waals surface area contributed by atoms with Crippen LogP contribution in [0.25, 0.3) is 0 Å². The van der Waals surface area contributed by atoms with E-state index in [4.69, 9.17) is 11.5 Å². The van der Waals surface area contributed by atoms with Gasteiger partial charge in [0, 0.05) is 5.75 Å². The van der Waals surface area contributed by atoms with E-state index in [9.17, 15) is 4.79 Å². The zero-order valence-electron chi connectivity index (χ0n) is 6.20. The van der Waals surface area contributed by atoms with E-state index in [0.29, 0.717) is 5.75 Å². The fourth-order valence-electron chi connectivity index (χ4n) is 0.457. The average molecular weight is 209 g/mol. The molecule has 0 aromatic carbocycles. The van der Waals surface area contributed by atoms with E-state index < -0.39 is 6.03 Å². The molecule has 0 spiro atoms. The maximum absolute atomic E-state index is 10.2. The fourth-order valence-corrected chi connectivity index (χ4v) is 0.782. The fraction of sp³-hybridized carbons (Fsp3) is 0.500. The van der Waals surface area contributed by atoms with Gasteiger partial charge in [0.1, 0.15) is 6.17 Å². The molecule has 0 fully saturated rings. The lowest BCUT2D eigenvalue weighted by molar-refractivity contribution is 0.242. The molecule has 0 aliphatic rings. The van der Waals surface area contributed by atoms with Crippen LogP contribution in [0.15, 0.2) is 0 Å². The summed E-state index contributed by atoms with van der Waals surface area (Å²) < 4.78 is 0. The molecule has 0 saturated carbocycles. The number of primary amides is 1. The molecule has 8 heteroatoms. The molecule has 0 aliphatic heterocycles. The second-order valence-corrected chi connectivity index (χ2v) is 2.68. The molecular formula is C4H11N5OS2. The number of thiocarbonyl (C=S) groups is 1. The van der Waals surface area contributed by atoms with Gasteiger partial charge in [-0.25, -0.2) is 10.2 Å². The first-order valence-electron chi connectivity index (χ1n) is 3.04. The number of amides is 2. The lowest BCUT2D eigenvalue weighted by atomic mass is 10.6. The highest BCUT2D eigenvalue weighted by Crippen LogP contribution is 1.80. The minimum atomic E-state index is -0.688. The van der Waals surface area contributed by atoms with E-state index in [1.54, 1.807) is 0 Å². The van der Waals surface area contributed by atoms with Gasteiger partial charge in [0.25, 0.3) is 0 Å². The van der Waals surface area contributed by atoms with Crippen LogP contribution in [-0.2, 0) is 0 Å². The van der Waals surface area contributed by atoms with Crippen molar-refractivity contribution in [2.45, 2.75) is 6.17 Å². The molecule has 1 atom stereocenters. The summed E-state index contributed by atoms with van der Waals surface area (Å²) in [5.74, 6) is 0.400. The molecule has 1 unspecified atom stereocenters. The molecule has 0 bridgehead atoms. The number of nitrogens with one attached hydrogen (secondary N) is 3. The minimum absolute atomic E-state index is 0.118. The zero-order chi connectivity index (χ0) is 9.56. The molecule has 0 heterocycles. The lowest BCUT2D eigenvalue weighted by Gasteiger charge is -2.17. The van der Waals surface area contributed by atoms with E-state index in [-0.39, 0.29) is 11.3 Å². The van der Waals surface area contributed by atoms with Crippen LogP contribution in [-0.4, -0.2) is 23.1 Å². The third-order valence-electron chi connectivity index (χ3n) is 0.869. The third-order valence-corrected chi connectivity index (χ3v) is 1.35. The topological polar surface area (TPSA) is 105 Å². The number of urea groups is 1. The van der Waals surface area contributed by atoms with Crippen molar-refractivity contribution in [2.24, 2.45) is 11.5 Å². The average Bonchev–Trinajstić information content (AvgIpc) is 1.97. The van der Waals surface area contributed by atoms with Crippen molar-refractivity contribution in [3.63, 3.8) is 0 Å². The number of carbonyl (C=O) groups is 1. The van der Waals surface area contributed by atoms with E-state index >= 15 is 0 Å². The number of hydrogen-bond acceptors (Lipinski definition) is 4. The van der Waals surface area contributed by atoms with Gasteiger partial charge in [0.2, 0.25) is 0 Å². The van der Waals surface area contributed by atoms with Crippen LogP contribution < -0.4 is 27.6 Å². The summed E-state index contributed by atoms with van der Waals surface area (Å²) in [6, 6.07) is -0.688. The van der Waals surface area contributed by atoms with Crippen molar-refractivity contribution >= 4 is 36.0 Å². The van der Waals surface area contributed by atoms with Crippen LogP contribution in [0.3, 0.4) is 0 Å². The summed E-state index contributed by atoms with van der Waals surface area (Å²) in [4.78, 5) is 10.2. The summed E-state index contributed by atoms with van der Waals surface area (Å²) in [6.07, 6.45) is -0.335. The second kappa shape index (κ2) is 5.86. The van der Waals surface area contributed by atoms with E-state index in [1.165, 1.54) is 0 Å². The van der Waals surface area contributed by atoms with Crippen molar-refractivity contribution in [2.75, 3.05) is 5.75 Å². The van der Waals surface area contributed by atoms with Crippen molar-refractivity contribution in [1.82, 2.24) is 16.2 Å². The molecule has 0 aromatic heterocycles. The van der Waals surface area contributed by atoms with Crippen molar-refractivity contribution in [1.29, 1.82) is 0 Å². The van der Waals surface area contributed by atoms with Gasteiger partial charge >= 0.3 is 6.03 Å². The molecule has 12 heavy (non-hydrogen) atoms. The van der Waals surface area contributed by atoms with E-state index in [1.807, 2.05) is 0 Å². The SMILES string of the molecule is NC(=O)NNC(CS)NC(N)=S. The first-order chi connectivity index (χ1) is 5.56. The quantitative estimate of drug-likeness (QED) is 0.143. The van der Waals surface area contributed by atoms with Gasteiger partial charge in [-0.15, -0.1) is 0 Å². The van der Waals surface area contributed by atoms with E-state index in [2.05, 4.69) is 41.0 Å². The molecular weight excluding hydrogens is 198 g/mol. The van der Waals surface area contributed by atoms with Crippen LogP contribution in [0.2, 0.25) is 0 Å². The molecule has 0 aromatic rings. The number of thiol groups is 1. The van der Waals surface area contributed by atoms with Crippen molar-refractivity contribution in [3.05, 3.63) is 0 Å². The van der Waals surface area contributed by atoms with Gasteiger partial charge in [-0.2, -0.15) is 12.6 Å². The molecule has 0 radical (unpaired) electrons. The van der Waals surface area contributed by atoms with Crippen LogP contribution in [0, 0.1) is 0 Å². The summed E-state index contributed by atoms with van der Waals surface area (Å²) in [5, 5.41) is 2.75. The Morgan fingerprint density at radius 3 is 2.50 bits per heavy atom. The summed E-state index contributed by atoms with van der Waals surface area (Å²) in [6.45, 7) is 0. The highest BCUT2D eigenvalue weighted by atomic mass is 32.1. The Morgan fingerprint density at radius 1 is 1.58 bits per heavy atom. The van der Waals surface area contributed by atoms with Crippen LogP contribution in [0.5, 0.6) is 0 Å². The van der Waals surface area contributed by atoms with Crippen LogP contribution in [0.1, 0.15) is 0 Å². The molecule has 70 valence electrons. The van der Waals surface area contributed by atoms with Crippen molar-refractivity contribution in [3.8, 4) is 0 Å². The lowest BCUT2D eigenvalue weighted by Crippen LogP contribution is -2.56. The van der Waals surface area contributed by atoms with E-state index in [0.717, 1.165) is 0 Å². The monoisotopic (exact) mass is 209 g/mol. The third kappa shape index (κ3) is 6.01. The van der Waals surface area contributed by atoms with Gasteiger partial charge in [-0.1, -0.05) is 0 Å². The Kier molecular flexibility index (Phi) is 5.51. The summed E-state index contributed by atoms with van der Waals surface area (Å²) >= 11 is 8.53. The Labute approximate surface area is 80.8 Å². The zero-order valence-corrected chi connectivity index (χ0v) is 7.91. The van der Waals surface area contributed by atoms with Gasteiger partial charge in [0.05, 0.1) is 0 Å². The normalized spacial score (nSPS) is 11.8. The maximum atomic E-state index is 10.2. The number of hydrogen-bond donors (Lipinski definition) is 6. The van der Waals surface area contributed by atoms with Gasteiger partial charge < -0.3 is 16.8 Å². The van der Waals surface area contributed by atoms with Crippen molar-refractivity contribution < 1.29 is 4.79 Å².